The molecule has 2 aliphatic rings. The number of hydrogen-bond donors (Lipinski definition) is 1. The average Bonchev–Trinajstić information content (AvgIpc) is 3.10. The molecule has 0 radical (unpaired) electrons. The number of ether oxygens (including phenoxy) is 2. The van der Waals surface area contributed by atoms with Crippen molar-refractivity contribution in [1.82, 2.24) is 15.2 Å². The predicted molar refractivity (Wildman–Crippen MR) is 94.4 cm³/mol. The minimum atomic E-state index is -0.384. The lowest BCUT2D eigenvalue weighted by molar-refractivity contribution is -0.169. The number of nitrogens with zero attached hydrogens (tertiary/aromatic N) is 4. The third kappa shape index (κ3) is 3.72. The summed E-state index contributed by atoms with van der Waals surface area (Å²) in [5.74, 6) is 1.01. The molecule has 7 heteroatoms. The van der Waals surface area contributed by atoms with Gasteiger partial charge in [0.2, 0.25) is 5.95 Å². The predicted octanol–water partition coefficient (Wildman–Crippen LogP) is 2.14. The van der Waals surface area contributed by atoms with E-state index in [1.165, 1.54) is 11.1 Å². The molecule has 3 heterocycles. The third-order valence-electron chi connectivity index (χ3n) is 4.76. The van der Waals surface area contributed by atoms with Gasteiger partial charge in [-0.3, -0.25) is 0 Å². The van der Waals surface area contributed by atoms with E-state index < -0.39 is 0 Å². The fraction of sp³-hybridized carbons (Fsp3) is 0.500. The van der Waals surface area contributed by atoms with E-state index in [-0.39, 0.29) is 5.79 Å². The smallest absolute Gasteiger partial charge is 0.247 e. The summed E-state index contributed by atoms with van der Waals surface area (Å²) in [5, 5.41) is 11.6. The quantitative estimate of drug-likeness (QED) is 0.913. The fourth-order valence-electron chi connectivity index (χ4n) is 3.24. The maximum absolute atomic E-state index is 5.77. The SMILES string of the molecule is Cc1ccc(CNc2cnnc(N3CCC4(CC3)OCCO4)n2)cc1. The molecule has 0 unspecified atom stereocenters. The van der Waals surface area contributed by atoms with Gasteiger partial charge < -0.3 is 19.7 Å². The van der Waals surface area contributed by atoms with Crippen molar-refractivity contribution >= 4 is 11.8 Å². The van der Waals surface area contributed by atoms with Crippen LogP contribution < -0.4 is 10.2 Å². The first-order valence-electron chi connectivity index (χ1n) is 8.74. The summed E-state index contributed by atoms with van der Waals surface area (Å²) in [6.07, 6.45) is 3.32. The molecule has 0 bridgehead atoms. The van der Waals surface area contributed by atoms with Crippen molar-refractivity contribution in [3.8, 4) is 0 Å². The Kier molecular flexibility index (Phi) is 4.50. The van der Waals surface area contributed by atoms with Crippen molar-refractivity contribution in [3.63, 3.8) is 0 Å². The molecule has 0 amide bonds. The lowest BCUT2D eigenvalue weighted by atomic mass is 10.0. The van der Waals surface area contributed by atoms with E-state index in [2.05, 4.69) is 56.6 Å². The van der Waals surface area contributed by atoms with E-state index in [1.807, 2.05) is 0 Å². The highest BCUT2D eigenvalue weighted by Gasteiger charge is 2.40. The summed E-state index contributed by atoms with van der Waals surface area (Å²) in [6.45, 7) is 5.80. The number of benzene rings is 1. The van der Waals surface area contributed by atoms with Gasteiger partial charge in [0.05, 0.1) is 19.4 Å². The summed E-state index contributed by atoms with van der Waals surface area (Å²) in [5.41, 5.74) is 2.47. The van der Waals surface area contributed by atoms with Gasteiger partial charge in [-0.2, -0.15) is 10.1 Å². The summed E-state index contributed by atoms with van der Waals surface area (Å²) in [6, 6.07) is 8.45. The molecular weight excluding hydrogens is 318 g/mol. The van der Waals surface area contributed by atoms with Crippen molar-refractivity contribution in [1.29, 1.82) is 0 Å². The molecule has 132 valence electrons. The lowest BCUT2D eigenvalue weighted by Crippen LogP contribution is -2.45. The van der Waals surface area contributed by atoms with E-state index in [1.54, 1.807) is 6.20 Å². The molecule has 2 fully saturated rings. The van der Waals surface area contributed by atoms with Gasteiger partial charge in [0, 0.05) is 32.5 Å². The second kappa shape index (κ2) is 6.93. The van der Waals surface area contributed by atoms with Gasteiger partial charge in [-0.05, 0) is 12.5 Å². The molecular formula is C18H23N5O2. The molecule has 2 aliphatic heterocycles. The van der Waals surface area contributed by atoms with Crippen LogP contribution in [0.5, 0.6) is 0 Å². The van der Waals surface area contributed by atoms with Crippen molar-refractivity contribution in [2.75, 3.05) is 36.5 Å². The van der Waals surface area contributed by atoms with E-state index in [0.29, 0.717) is 25.7 Å². The van der Waals surface area contributed by atoms with E-state index in [9.17, 15) is 0 Å². The van der Waals surface area contributed by atoms with E-state index in [4.69, 9.17) is 9.47 Å². The minimum Gasteiger partial charge on any atom is -0.365 e. The zero-order chi connectivity index (χ0) is 17.1. The Morgan fingerprint density at radius 3 is 2.56 bits per heavy atom. The van der Waals surface area contributed by atoms with Crippen LogP contribution >= 0.6 is 0 Å². The Labute approximate surface area is 147 Å². The Hall–Kier alpha value is -2.25. The Morgan fingerprint density at radius 1 is 1.12 bits per heavy atom. The molecule has 2 aromatic rings. The molecule has 0 saturated carbocycles. The minimum absolute atomic E-state index is 0.384. The number of anilines is 2. The molecule has 4 rings (SSSR count). The van der Waals surface area contributed by atoms with Gasteiger partial charge in [0.15, 0.2) is 11.6 Å². The summed E-state index contributed by atoms with van der Waals surface area (Å²) < 4.78 is 11.5. The van der Waals surface area contributed by atoms with Crippen LogP contribution in [-0.2, 0) is 16.0 Å². The fourth-order valence-corrected chi connectivity index (χ4v) is 3.24. The van der Waals surface area contributed by atoms with Crippen LogP contribution in [0.3, 0.4) is 0 Å². The summed E-state index contributed by atoms with van der Waals surface area (Å²) in [4.78, 5) is 6.74. The molecule has 1 N–H and O–H groups in total. The normalized spacial score (nSPS) is 19.3. The van der Waals surface area contributed by atoms with E-state index in [0.717, 1.165) is 31.7 Å². The van der Waals surface area contributed by atoms with Gasteiger partial charge in [0.1, 0.15) is 0 Å². The maximum Gasteiger partial charge on any atom is 0.247 e. The van der Waals surface area contributed by atoms with Crippen molar-refractivity contribution in [2.45, 2.75) is 32.1 Å². The number of piperidine rings is 1. The summed E-state index contributed by atoms with van der Waals surface area (Å²) >= 11 is 0. The number of aromatic nitrogens is 3. The second-order valence-electron chi connectivity index (χ2n) is 6.58. The molecule has 0 aliphatic carbocycles. The first-order valence-corrected chi connectivity index (χ1v) is 8.74. The van der Waals surface area contributed by atoms with Gasteiger partial charge >= 0.3 is 0 Å². The van der Waals surface area contributed by atoms with Crippen LogP contribution in [0, 0.1) is 6.92 Å². The number of aryl methyl sites for hydroxylation is 1. The Bertz CT molecular complexity index is 706. The highest BCUT2D eigenvalue weighted by Crippen LogP contribution is 2.32. The van der Waals surface area contributed by atoms with Crippen LogP contribution in [0.15, 0.2) is 30.5 Å². The highest BCUT2D eigenvalue weighted by atomic mass is 16.7. The molecule has 1 spiro atoms. The van der Waals surface area contributed by atoms with Crippen LogP contribution in [0.1, 0.15) is 24.0 Å². The van der Waals surface area contributed by atoms with Crippen LogP contribution in [0.4, 0.5) is 11.8 Å². The van der Waals surface area contributed by atoms with Crippen molar-refractivity contribution in [2.24, 2.45) is 0 Å². The lowest BCUT2D eigenvalue weighted by Gasteiger charge is -2.37. The Balaban J connectivity index is 1.37. The second-order valence-corrected chi connectivity index (χ2v) is 6.58. The average molecular weight is 341 g/mol. The largest absolute Gasteiger partial charge is 0.365 e. The first kappa shape index (κ1) is 16.2. The van der Waals surface area contributed by atoms with Crippen LogP contribution in [0.2, 0.25) is 0 Å². The van der Waals surface area contributed by atoms with Crippen molar-refractivity contribution < 1.29 is 9.47 Å². The number of rotatable bonds is 4. The van der Waals surface area contributed by atoms with Crippen LogP contribution in [0.25, 0.3) is 0 Å². The topological polar surface area (TPSA) is 72.4 Å². The standard InChI is InChI=1S/C18H23N5O2/c1-14-2-4-15(5-3-14)12-19-16-13-20-22-17(21-16)23-8-6-18(7-9-23)24-10-11-25-18/h2-5,13H,6-12H2,1H3,(H,19,21,22). The number of nitrogens with one attached hydrogen (secondary N) is 1. The van der Waals surface area contributed by atoms with Gasteiger partial charge in [-0.25, -0.2) is 0 Å². The van der Waals surface area contributed by atoms with E-state index >= 15 is 0 Å². The first-order chi connectivity index (χ1) is 12.2. The third-order valence-corrected chi connectivity index (χ3v) is 4.76. The zero-order valence-corrected chi connectivity index (χ0v) is 14.4. The Morgan fingerprint density at radius 2 is 1.84 bits per heavy atom. The molecule has 25 heavy (non-hydrogen) atoms. The molecule has 7 nitrogen and oxygen atoms in total. The molecule has 2 saturated heterocycles. The van der Waals surface area contributed by atoms with Gasteiger partial charge in [-0.1, -0.05) is 29.8 Å². The number of hydrogen-bond acceptors (Lipinski definition) is 7. The summed E-state index contributed by atoms with van der Waals surface area (Å²) in [7, 11) is 0. The highest BCUT2D eigenvalue weighted by molar-refractivity contribution is 5.40. The van der Waals surface area contributed by atoms with Crippen LogP contribution in [-0.4, -0.2) is 47.3 Å². The molecule has 1 aromatic carbocycles. The molecule has 1 aromatic heterocycles. The monoisotopic (exact) mass is 341 g/mol. The zero-order valence-electron chi connectivity index (χ0n) is 14.4. The van der Waals surface area contributed by atoms with Gasteiger partial charge in [0.25, 0.3) is 0 Å². The van der Waals surface area contributed by atoms with Gasteiger partial charge in [-0.15, -0.1) is 5.10 Å². The molecule has 0 atom stereocenters. The van der Waals surface area contributed by atoms with Crippen molar-refractivity contribution in [3.05, 3.63) is 41.6 Å². The maximum atomic E-state index is 5.77.